The molecule has 0 aliphatic heterocycles. The molecule has 2 N–H and O–H groups in total. The number of carbonyl (C=O) groups is 1. The van der Waals surface area contributed by atoms with Crippen molar-refractivity contribution < 1.29 is 18.0 Å². The van der Waals surface area contributed by atoms with Crippen LogP contribution in [0, 0.1) is 0 Å². The SMILES string of the molecule is CSc1ccc(C(=O)Nc2ccc(Cl)c(-c3ccn[nH]3)c2)c(-c2cccc(C(F)(F)F)c2)c1. The first-order valence-electron chi connectivity index (χ1n) is 9.72. The predicted octanol–water partition coefficient (Wildman–Crippen LogP) is 7.39. The Balaban J connectivity index is 1.72. The smallest absolute Gasteiger partial charge is 0.322 e. The molecule has 0 spiro atoms. The minimum absolute atomic E-state index is 0.255. The van der Waals surface area contributed by atoms with Gasteiger partial charge < -0.3 is 5.32 Å². The van der Waals surface area contributed by atoms with Gasteiger partial charge >= 0.3 is 6.18 Å². The Hall–Kier alpha value is -3.23. The summed E-state index contributed by atoms with van der Waals surface area (Å²) in [4.78, 5) is 14.0. The fraction of sp³-hybridized carbons (Fsp3) is 0.0833. The Kier molecular flexibility index (Phi) is 6.49. The van der Waals surface area contributed by atoms with E-state index in [1.165, 1.54) is 17.8 Å². The number of nitrogens with one attached hydrogen (secondary N) is 2. The molecule has 0 saturated heterocycles. The lowest BCUT2D eigenvalue weighted by Crippen LogP contribution is -2.13. The highest BCUT2D eigenvalue weighted by atomic mass is 35.5. The number of aromatic amines is 1. The van der Waals surface area contributed by atoms with Gasteiger partial charge in [0.2, 0.25) is 0 Å². The van der Waals surface area contributed by atoms with Gasteiger partial charge in [0.1, 0.15) is 0 Å². The molecule has 1 heterocycles. The van der Waals surface area contributed by atoms with E-state index in [1.54, 1.807) is 54.7 Å². The van der Waals surface area contributed by atoms with Crippen molar-refractivity contribution in [2.24, 2.45) is 0 Å². The van der Waals surface area contributed by atoms with Crippen molar-refractivity contribution >= 4 is 35.0 Å². The zero-order valence-corrected chi connectivity index (χ0v) is 18.8. The molecule has 4 rings (SSSR count). The number of thioether (sulfide) groups is 1. The lowest BCUT2D eigenvalue weighted by Gasteiger charge is -2.14. The van der Waals surface area contributed by atoms with Crippen LogP contribution in [0.15, 0.2) is 77.8 Å². The van der Waals surface area contributed by atoms with Crippen LogP contribution in [-0.4, -0.2) is 22.4 Å². The van der Waals surface area contributed by atoms with Crippen molar-refractivity contribution in [3.8, 4) is 22.4 Å². The molecule has 9 heteroatoms. The molecule has 0 bridgehead atoms. The predicted molar refractivity (Wildman–Crippen MR) is 126 cm³/mol. The van der Waals surface area contributed by atoms with Crippen molar-refractivity contribution in [2.45, 2.75) is 11.1 Å². The molecule has 3 aromatic carbocycles. The van der Waals surface area contributed by atoms with Gasteiger partial charge in [-0.3, -0.25) is 9.89 Å². The summed E-state index contributed by atoms with van der Waals surface area (Å²) in [6, 6.07) is 16.8. The van der Waals surface area contributed by atoms with Gasteiger partial charge in [-0.05, 0) is 72.0 Å². The molecule has 1 amide bonds. The summed E-state index contributed by atoms with van der Waals surface area (Å²) in [6.07, 6.45) is -1.04. The summed E-state index contributed by atoms with van der Waals surface area (Å²) >= 11 is 7.71. The number of alkyl halides is 3. The average Bonchev–Trinajstić information content (AvgIpc) is 3.34. The normalized spacial score (nSPS) is 11.4. The Morgan fingerprint density at radius 3 is 2.55 bits per heavy atom. The summed E-state index contributed by atoms with van der Waals surface area (Å²) in [5.41, 5.74) is 2.02. The van der Waals surface area contributed by atoms with E-state index in [9.17, 15) is 18.0 Å². The molecule has 168 valence electrons. The zero-order chi connectivity index (χ0) is 23.6. The van der Waals surface area contributed by atoms with E-state index < -0.39 is 17.6 Å². The molecule has 0 atom stereocenters. The number of hydrogen-bond donors (Lipinski definition) is 2. The first-order chi connectivity index (χ1) is 15.8. The van der Waals surface area contributed by atoms with Crippen molar-refractivity contribution in [1.29, 1.82) is 0 Å². The number of amides is 1. The van der Waals surface area contributed by atoms with Crippen molar-refractivity contribution in [2.75, 3.05) is 11.6 Å². The van der Waals surface area contributed by atoms with E-state index in [1.807, 2.05) is 6.26 Å². The highest BCUT2D eigenvalue weighted by Crippen LogP contribution is 2.35. The maximum Gasteiger partial charge on any atom is 0.416 e. The number of aromatic nitrogens is 2. The van der Waals surface area contributed by atoms with Crippen LogP contribution in [0.4, 0.5) is 18.9 Å². The maximum absolute atomic E-state index is 13.3. The van der Waals surface area contributed by atoms with Gasteiger partial charge in [0.15, 0.2) is 0 Å². The largest absolute Gasteiger partial charge is 0.416 e. The minimum Gasteiger partial charge on any atom is -0.322 e. The van der Waals surface area contributed by atoms with Gasteiger partial charge in [-0.1, -0.05) is 23.7 Å². The monoisotopic (exact) mass is 487 g/mol. The molecule has 1 aromatic heterocycles. The number of halogens is 4. The summed E-state index contributed by atoms with van der Waals surface area (Å²) in [6.45, 7) is 0. The van der Waals surface area contributed by atoms with E-state index in [2.05, 4.69) is 15.5 Å². The topological polar surface area (TPSA) is 57.8 Å². The second-order valence-corrected chi connectivity index (χ2v) is 8.40. The van der Waals surface area contributed by atoms with Gasteiger partial charge in [-0.25, -0.2) is 0 Å². The van der Waals surface area contributed by atoms with Gasteiger partial charge in [-0.2, -0.15) is 18.3 Å². The molecule has 0 aliphatic rings. The van der Waals surface area contributed by atoms with Crippen LogP contribution in [0.25, 0.3) is 22.4 Å². The van der Waals surface area contributed by atoms with Crippen LogP contribution in [-0.2, 0) is 6.18 Å². The maximum atomic E-state index is 13.3. The fourth-order valence-electron chi connectivity index (χ4n) is 3.36. The number of anilines is 1. The Morgan fingerprint density at radius 2 is 1.85 bits per heavy atom. The van der Waals surface area contributed by atoms with Crippen molar-refractivity contribution in [1.82, 2.24) is 10.2 Å². The van der Waals surface area contributed by atoms with E-state index in [0.29, 0.717) is 33.1 Å². The third-order valence-corrected chi connectivity index (χ3v) is 6.04. The zero-order valence-electron chi connectivity index (χ0n) is 17.2. The van der Waals surface area contributed by atoms with Crippen molar-refractivity contribution in [3.63, 3.8) is 0 Å². The molecule has 4 aromatic rings. The van der Waals surface area contributed by atoms with Crippen LogP contribution in [0.2, 0.25) is 5.02 Å². The number of H-pyrrole nitrogens is 1. The number of carbonyl (C=O) groups excluding carboxylic acids is 1. The molecular formula is C24H17ClF3N3OS. The van der Waals surface area contributed by atoms with Crippen LogP contribution in [0.1, 0.15) is 15.9 Å². The Morgan fingerprint density at radius 1 is 1.03 bits per heavy atom. The molecular weight excluding hydrogens is 471 g/mol. The van der Waals surface area contributed by atoms with Crippen LogP contribution >= 0.6 is 23.4 Å². The number of benzene rings is 3. The molecule has 4 nitrogen and oxygen atoms in total. The fourth-order valence-corrected chi connectivity index (χ4v) is 4.02. The van der Waals surface area contributed by atoms with E-state index in [4.69, 9.17) is 11.6 Å². The van der Waals surface area contributed by atoms with Gasteiger partial charge in [0, 0.05) is 27.9 Å². The number of rotatable bonds is 5. The molecule has 0 fully saturated rings. The first kappa shape index (κ1) is 22.9. The standard InChI is InChI=1S/C24H17ClF3N3OS/c1-33-17-6-7-18(19(13-17)14-3-2-4-15(11-14)24(26,27)28)23(32)30-16-5-8-21(25)20(12-16)22-9-10-29-31-22/h2-13H,1H3,(H,29,31)(H,30,32). The van der Waals surface area contributed by atoms with E-state index in [0.717, 1.165) is 17.0 Å². The third-order valence-electron chi connectivity index (χ3n) is 4.99. The molecule has 0 unspecified atom stereocenters. The second-order valence-electron chi connectivity index (χ2n) is 7.11. The second kappa shape index (κ2) is 9.33. The molecule has 0 radical (unpaired) electrons. The lowest BCUT2D eigenvalue weighted by atomic mass is 9.97. The third kappa shape index (κ3) is 5.07. The van der Waals surface area contributed by atoms with Gasteiger partial charge in [0.25, 0.3) is 5.91 Å². The van der Waals surface area contributed by atoms with Crippen molar-refractivity contribution in [3.05, 3.63) is 89.1 Å². The summed E-state index contributed by atoms with van der Waals surface area (Å²) in [7, 11) is 0. The molecule has 0 saturated carbocycles. The lowest BCUT2D eigenvalue weighted by molar-refractivity contribution is -0.137. The minimum atomic E-state index is -4.48. The highest BCUT2D eigenvalue weighted by molar-refractivity contribution is 7.98. The molecule has 33 heavy (non-hydrogen) atoms. The average molecular weight is 488 g/mol. The van der Waals surface area contributed by atoms with Gasteiger partial charge in [-0.15, -0.1) is 11.8 Å². The molecule has 0 aliphatic carbocycles. The first-order valence-corrected chi connectivity index (χ1v) is 11.3. The summed E-state index contributed by atoms with van der Waals surface area (Å²) in [5, 5.41) is 10.0. The van der Waals surface area contributed by atoms with E-state index in [-0.39, 0.29) is 5.56 Å². The van der Waals surface area contributed by atoms with Crippen LogP contribution < -0.4 is 5.32 Å². The summed E-state index contributed by atoms with van der Waals surface area (Å²) < 4.78 is 39.8. The van der Waals surface area contributed by atoms with E-state index >= 15 is 0 Å². The summed E-state index contributed by atoms with van der Waals surface area (Å²) in [5.74, 6) is -0.451. The Labute approximate surface area is 197 Å². The highest BCUT2D eigenvalue weighted by Gasteiger charge is 2.30. The number of nitrogens with zero attached hydrogens (tertiary/aromatic N) is 1. The Bertz CT molecular complexity index is 1310. The quantitative estimate of drug-likeness (QED) is 0.288. The van der Waals surface area contributed by atoms with Gasteiger partial charge in [0.05, 0.1) is 16.3 Å². The van der Waals surface area contributed by atoms with Crippen LogP contribution in [0.5, 0.6) is 0 Å². The van der Waals surface area contributed by atoms with Crippen LogP contribution in [0.3, 0.4) is 0 Å². The number of hydrogen-bond acceptors (Lipinski definition) is 3.